The summed E-state index contributed by atoms with van der Waals surface area (Å²) in [6, 6.07) is 6.60. The largest absolute Gasteiger partial charge is 0.480 e. The van der Waals surface area contributed by atoms with E-state index in [-0.39, 0.29) is 6.79 Å². The van der Waals surface area contributed by atoms with E-state index in [1.807, 2.05) is 36.5 Å². The number of benzene rings is 1. The van der Waals surface area contributed by atoms with Crippen molar-refractivity contribution in [3.8, 4) is 11.5 Å². The predicted molar refractivity (Wildman–Crippen MR) is 91.9 cm³/mol. The van der Waals surface area contributed by atoms with Crippen LogP contribution in [-0.2, 0) is 11.3 Å². The van der Waals surface area contributed by atoms with Gasteiger partial charge < -0.3 is 14.6 Å². The molecule has 7 nitrogen and oxygen atoms in total. The summed E-state index contributed by atoms with van der Waals surface area (Å²) in [5, 5.41) is 14.1. The average Bonchev–Trinajstić information content (AvgIpc) is 3.13. The molecule has 2 heterocycles. The third-order valence-corrected chi connectivity index (χ3v) is 4.37. The molecule has 25 heavy (non-hydrogen) atoms. The van der Waals surface area contributed by atoms with Crippen LogP contribution in [0.1, 0.15) is 29.4 Å². The highest BCUT2D eigenvalue weighted by atomic mass is 16.7. The Hall–Kier alpha value is -2.54. The van der Waals surface area contributed by atoms with E-state index < -0.39 is 12.0 Å². The minimum atomic E-state index is -0.882. The molecular formula is C18H23N3O4. The number of ether oxygens (including phenoxy) is 2. The van der Waals surface area contributed by atoms with Crippen LogP contribution in [-0.4, -0.2) is 46.1 Å². The molecule has 0 radical (unpaired) electrons. The number of aryl methyl sites for hydroxylation is 3. The molecule has 0 aliphatic carbocycles. The average molecular weight is 345 g/mol. The van der Waals surface area contributed by atoms with Crippen LogP contribution in [0.4, 0.5) is 0 Å². The van der Waals surface area contributed by atoms with Gasteiger partial charge in [-0.3, -0.25) is 14.4 Å². The minimum absolute atomic E-state index is 0.176. The molecule has 1 aromatic carbocycles. The minimum Gasteiger partial charge on any atom is -0.480 e. The van der Waals surface area contributed by atoms with Crippen LogP contribution in [0.3, 0.4) is 0 Å². The maximum absolute atomic E-state index is 11.8. The number of aromatic nitrogens is 2. The number of carboxylic acids is 1. The van der Waals surface area contributed by atoms with Gasteiger partial charge in [-0.15, -0.1) is 0 Å². The van der Waals surface area contributed by atoms with Gasteiger partial charge in [0.05, 0.1) is 5.69 Å². The smallest absolute Gasteiger partial charge is 0.325 e. The number of carbonyl (C=O) groups is 1. The molecule has 0 spiro atoms. The third kappa shape index (κ3) is 3.76. The van der Waals surface area contributed by atoms with E-state index in [0.29, 0.717) is 23.6 Å². The van der Waals surface area contributed by atoms with Crippen molar-refractivity contribution in [3.63, 3.8) is 0 Å². The van der Waals surface area contributed by atoms with E-state index in [4.69, 9.17) is 9.47 Å². The maximum atomic E-state index is 11.8. The van der Waals surface area contributed by atoms with Crippen molar-refractivity contribution in [3.05, 3.63) is 41.2 Å². The van der Waals surface area contributed by atoms with Gasteiger partial charge in [0.25, 0.3) is 0 Å². The lowest BCUT2D eigenvalue weighted by Gasteiger charge is -2.25. The van der Waals surface area contributed by atoms with Gasteiger partial charge in [0.15, 0.2) is 11.5 Å². The van der Waals surface area contributed by atoms with Crippen molar-refractivity contribution < 1.29 is 19.4 Å². The van der Waals surface area contributed by atoms with Crippen molar-refractivity contribution in [1.29, 1.82) is 0 Å². The third-order valence-electron chi connectivity index (χ3n) is 4.37. The number of carboxylic acid groups (broad SMARTS) is 1. The Morgan fingerprint density at radius 3 is 2.76 bits per heavy atom. The maximum Gasteiger partial charge on any atom is 0.325 e. The SMILES string of the molecule is Cc1cc(C)n(CCCN(C)[C@@H](C(=O)O)c2ccc3c(c2)OCO3)n1. The molecule has 1 aliphatic rings. The molecule has 2 aromatic rings. The van der Waals surface area contributed by atoms with Crippen LogP contribution < -0.4 is 9.47 Å². The van der Waals surface area contributed by atoms with Gasteiger partial charge in [0.1, 0.15) is 6.04 Å². The highest BCUT2D eigenvalue weighted by Gasteiger charge is 2.26. The first-order valence-electron chi connectivity index (χ1n) is 8.29. The first-order chi connectivity index (χ1) is 12.0. The fraction of sp³-hybridized carbons (Fsp3) is 0.444. The summed E-state index contributed by atoms with van der Waals surface area (Å²) in [7, 11) is 1.82. The van der Waals surface area contributed by atoms with Gasteiger partial charge in [-0.1, -0.05) is 6.07 Å². The van der Waals surface area contributed by atoms with Gasteiger partial charge in [-0.05, 0) is 51.1 Å². The molecule has 0 amide bonds. The lowest BCUT2D eigenvalue weighted by Crippen LogP contribution is -2.32. The highest BCUT2D eigenvalue weighted by Crippen LogP contribution is 2.35. The molecule has 0 saturated heterocycles. The van der Waals surface area contributed by atoms with Crippen LogP contribution in [0.2, 0.25) is 0 Å². The zero-order valence-corrected chi connectivity index (χ0v) is 14.7. The van der Waals surface area contributed by atoms with Gasteiger partial charge in [0, 0.05) is 18.8 Å². The molecule has 0 fully saturated rings. The second-order valence-electron chi connectivity index (χ2n) is 6.34. The standard InChI is InChI=1S/C18H23N3O4/c1-12-9-13(2)21(19-12)8-4-7-20(3)17(18(22)23)14-5-6-15-16(10-14)25-11-24-15/h5-6,9-10,17H,4,7-8,11H2,1-3H3,(H,22,23)/t17-/m1/s1. The van der Waals surface area contributed by atoms with Crippen molar-refractivity contribution in [2.24, 2.45) is 0 Å². The Labute approximate surface area is 146 Å². The lowest BCUT2D eigenvalue weighted by atomic mass is 10.0. The Morgan fingerprint density at radius 1 is 1.32 bits per heavy atom. The lowest BCUT2D eigenvalue weighted by molar-refractivity contribution is -0.143. The van der Waals surface area contributed by atoms with E-state index >= 15 is 0 Å². The molecule has 1 aromatic heterocycles. The summed E-state index contributed by atoms with van der Waals surface area (Å²) in [5.74, 6) is 0.368. The number of fused-ring (bicyclic) bond motifs is 1. The van der Waals surface area contributed by atoms with Crippen LogP contribution in [0.25, 0.3) is 0 Å². The molecule has 1 aliphatic heterocycles. The van der Waals surface area contributed by atoms with Crippen LogP contribution >= 0.6 is 0 Å². The number of aliphatic carboxylic acids is 1. The Bertz CT molecular complexity index is 772. The van der Waals surface area contributed by atoms with Crippen LogP contribution in [0.15, 0.2) is 24.3 Å². The van der Waals surface area contributed by atoms with Crippen LogP contribution in [0.5, 0.6) is 11.5 Å². The number of likely N-dealkylation sites (N-methyl/N-ethyl adjacent to an activating group) is 1. The molecule has 134 valence electrons. The Balaban J connectivity index is 1.66. The van der Waals surface area contributed by atoms with E-state index in [1.165, 1.54) is 0 Å². The number of nitrogens with zero attached hydrogens (tertiary/aromatic N) is 3. The molecule has 0 saturated carbocycles. The zero-order valence-electron chi connectivity index (χ0n) is 14.7. The zero-order chi connectivity index (χ0) is 18.0. The first kappa shape index (κ1) is 17.3. The molecule has 7 heteroatoms. The molecule has 0 bridgehead atoms. The Morgan fingerprint density at radius 2 is 2.08 bits per heavy atom. The normalized spacial score (nSPS) is 14.1. The topological polar surface area (TPSA) is 76.8 Å². The predicted octanol–water partition coefficient (Wildman–Crippen LogP) is 2.38. The monoisotopic (exact) mass is 345 g/mol. The fourth-order valence-corrected chi connectivity index (χ4v) is 3.17. The summed E-state index contributed by atoms with van der Waals surface area (Å²) in [6.45, 7) is 5.57. The van der Waals surface area contributed by atoms with Crippen molar-refractivity contribution in [2.45, 2.75) is 32.9 Å². The van der Waals surface area contributed by atoms with Gasteiger partial charge in [-0.2, -0.15) is 5.10 Å². The Kier molecular flexibility index (Phi) is 4.94. The quantitative estimate of drug-likeness (QED) is 0.830. The fourth-order valence-electron chi connectivity index (χ4n) is 3.17. The van der Waals surface area contributed by atoms with Crippen molar-refractivity contribution in [2.75, 3.05) is 20.4 Å². The van der Waals surface area contributed by atoms with Crippen molar-refractivity contribution >= 4 is 5.97 Å². The van der Waals surface area contributed by atoms with Crippen LogP contribution in [0, 0.1) is 13.8 Å². The van der Waals surface area contributed by atoms with E-state index in [2.05, 4.69) is 5.10 Å². The van der Waals surface area contributed by atoms with Gasteiger partial charge >= 0.3 is 5.97 Å². The summed E-state index contributed by atoms with van der Waals surface area (Å²) in [4.78, 5) is 13.6. The molecule has 0 unspecified atom stereocenters. The molecule has 3 rings (SSSR count). The number of hydrogen-bond acceptors (Lipinski definition) is 5. The summed E-state index contributed by atoms with van der Waals surface area (Å²) in [6.07, 6.45) is 0.812. The molecule has 1 atom stereocenters. The van der Waals surface area contributed by atoms with E-state index in [1.54, 1.807) is 18.2 Å². The first-order valence-corrected chi connectivity index (χ1v) is 8.29. The van der Waals surface area contributed by atoms with Crippen molar-refractivity contribution in [1.82, 2.24) is 14.7 Å². The highest BCUT2D eigenvalue weighted by molar-refractivity contribution is 5.76. The van der Waals surface area contributed by atoms with E-state index in [0.717, 1.165) is 24.4 Å². The van der Waals surface area contributed by atoms with E-state index in [9.17, 15) is 9.90 Å². The molecule has 1 N–H and O–H groups in total. The van der Waals surface area contributed by atoms with Gasteiger partial charge in [-0.25, -0.2) is 0 Å². The second-order valence-corrected chi connectivity index (χ2v) is 6.34. The molecular weight excluding hydrogens is 322 g/mol. The second kappa shape index (κ2) is 7.14. The summed E-state index contributed by atoms with van der Waals surface area (Å²) < 4.78 is 12.6. The number of rotatable bonds is 7. The summed E-state index contributed by atoms with van der Waals surface area (Å²) >= 11 is 0. The van der Waals surface area contributed by atoms with Gasteiger partial charge in [0.2, 0.25) is 6.79 Å². The number of hydrogen-bond donors (Lipinski definition) is 1. The summed E-state index contributed by atoms with van der Waals surface area (Å²) in [5.41, 5.74) is 2.80.